The highest BCUT2D eigenvalue weighted by molar-refractivity contribution is 7.99. The van der Waals surface area contributed by atoms with Crippen LogP contribution in [-0.2, 0) is 14.6 Å². The third-order valence-electron chi connectivity index (χ3n) is 3.98. The molecule has 0 bridgehead atoms. The van der Waals surface area contributed by atoms with E-state index in [2.05, 4.69) is 5.32 Å². The Hall–Kier alpha value is -1.74. The molecule has 0 fully saturated rings. The van der Waals surface area contributed by atoms with E-state index in [4.69, 9.17) is 21.4 Å². The van der Waals surface area contributed by atoms with Gasteiger partial charge in [0, 0.05) is 17.2 Å². The molecule has 0 amide bonds. The maximum atomic E-state index is 12.3. The van der Waals surface area contributed by atoms with Crippen molar-refractivity contribution in [3.63, 3.8) is 0 Å². The topological polar surface area (TPSA) is 92.7 Å². The summed E-state index contributed by atoms with van der Waals surface area (Å²) in [6, 6.07) is 12.1. The van der Waals surface area contributed by atoms with Crippen molar-refractivity contribution in [1.82, 2.24) is 5.32 Å². The quantitative estimate of drug-likeness (QED) is 0.371. The van der Waals surface area contributed by atoms with Crippen molar-refractivity contribution in [2.24, 2.45) is 0 Å². The van der Waals surface area contributed by atoms with Crippen LogP contribution in [-0.4, -0.2) is 50.7 Å². The van der Waals surface area contributed by atoms with Crippen molar-refractivity contribution in [3.8, 4) is 5.75 Å². The van der Waals surface area contributed by atoms with Crippen LogP contribution in [0.5, 0.6) is 5.75 Å². The Morgan fingerprint density at radius 2 is 1.97 bits per heavy atom. The highest BCUT2D eigenvalue weighted by Gasteiger charge is 2.16. The van der Waals surface area contributed by atoms with Gasteiger partial charge in [-0.05, 0) is 55.8 Å². The molecule has 0 saturated carbocycles. The summed E-state index contributed by atoms with van der Waals surface area (Å²) in [5, 5.41) is 12.2. The molecule has 0 radical (unpaired) electrons. The van der Waals surface area contributed by atoms with Crippen molar-refractivity contribution in [2.75, 3.05) is 31.2 Å². The lowest BCUT2D eigenvalue weighted by Gasteiger charge is -2.09. The summed E-state index contributed by atoms with van der Waals surface area (Å²) in [4.78, 5) is 11.8. The van der Waals surface area contributed by atoms with Crippen LogP contribution in [0.4, 0.5) is 0 Å². The number of hydrogen-bond donors (Lipinski definition) is 2. The van der Waals surface area contributed by atoms with E-state index in [1.54, 1.807) is 36.0 Å². The lowest BCUT2D eigenvalue weighted by molar-refractivity contribution is -0.139. The van der Waals surface area contributed by atoms with E-state index in [0.717, 1.165) is 22.8 Å². The molecule has 0 aliphatic rings. The number of aryl methyl sites for hydroxylation is 1. The standard InChI is InChI=1S/C20H24ClNO5S2/c1-15-13-16(7-8-18(15)27-14-20(23)24)28-11-10-22-9-4-12-29(25,26)19-6-3-2-5-17(19)21/h2-3,5-8,13,22H,4,9-12,14H2,1H3,(H,23,24). The van der Waals surface area contributed by atoms with Gasteiger partial charge in [-0.25, -0.2) is 13.2 Å². The van der Waals surface area contributed by atoms with Gasteiger partial charge in [0.25, 0.3) is 0 Å². The van der Waals surface area contributed by atoms with Gasteiger partial charge in [0.05, 0.1) is 15.7 Å². The van der Waals surface area contributed by atoms with E-state index in [1.807, 2.05) is 19.1 Å². The minimum atomic E-state index is -3.37. The van der Waals surface area contributed by atoms with Gasteiger partial charge in [-0.15, -0.1) is 11.8 Å². The number of thioether (sulfide) groups is 1. The van der Waals surface area contributed by atoms with Gasteiger partial charge < -0.3 is 15.2 Å². The number of aliphatic carboxylic acids is 1. The fourth-order valence-corrected chi connectivity index (χ4v) is 5.36. The first-order valence-corrected chi connectivity index (χ1v) is 12.1. The lowest BCUT2D eigenvalue weighted by atomic mass is 10.2. The fourth-order valence-electron chi connectivity index (χ4n) is 2.57. The molecule has 0 spiro atoms. The van der Waals surface area contributed by atoms with Crippen LogP contribution in [0.25, 0.3) is 0 Å². The Morgan fingerprint density at radius 3 is 2.66 bits per heavy atom. The van der Waals surface area contributed by atoms with E-state index in [9.17, 15) is 13.2 Å². The molecule has 2 aromatic carbocycles. The monoisotopic (exact) mass is 457 g/mol. The van der Waals surface area contributed by atoms with Crippen LogP contribution < -0.4 is 10.1 Å². The highest BCUT2D eigenvalue weighted by Crippen LogP contribution is 2.25. The molecule has 29 heavy (non-hydrogen) atoms. The van der Waals surface area contributed by atoms with Gasteiger partial charge in [-0.2, -0.15) is 0 Å². The number of ether oxygens (including phenoxy) is 1. The van der Waals surface area contributed by atoms with E-state index in [-0.39, 0.29) is 22.3 Å². The second kappa shape index (κ2) is 11.4. The molecule has 0 heterocycles. The molecule has 0 aliphatic heterocycles. The minimum Gasteiger partial charge on any atom is -0.482 e. The van der Waals surface area contributed by atoms with E-state index in [0.29, 0.717) is 18.7 Å². The van der Waals surface area contributed by atoms with Gasteiger partial charge in [0.1, 0.15) is 5.75 Å². The van der Waals surface area contributed by atoms with Crippen LogP contribution in [0.2, 0.25) is 5.02 Å². The summed E-state index contributed by atoms with van der Waals surface area (Å²) in [5.74, 6) is 0.433. The number of carbonyl (C=O) groups is 1. The molecular weight excluding hydrogens is 434 g/mol. The zero-order valence-corrected chi connectivity index (χ0v) is 18.4. The Balaban J connectivity index is 1.67. The van der Waals surface area contributed by atoms with Gasteiger partial charge in [-0.1, -0.05) is 23.7 Å². The van der Waals surface area contributed by atoms with Crippen LogP contribution in [0, 0.1) is 6.92 Å². The summed E-state index contributed by atoms with van der Waals surface area (Å²) >= 11 is 7.63. The molecule has 2 N–H and O–H groups in total. The van der Waals surface area contributed by atoms with Crippen molar-refractivity contribution in [1.29, 1.82) is 0 Å². The molecule has 0 aliphatic carbocycles. The molecule has 9 heteroatoms. The number of carboxylic acid groups (broad SMARTS) is 1. The fraction of sp³-hybridized carbons (Fsp3) is 0.350. The zero-order chi connectivity index (χ0) is 21.3. The van der Waals surface area contributed by atoms with Crippen molar-refractivity contribution in [3.05, 3.63) is 53.1 Å². The summed E-state index contributed by atoms with van der Waals surface area (Å²) < 4.78 is 29.8. The van der Waals surface area contributed by atoms with Crippen LogP contribution in [0.3, 0.4) is 0 Å². The summed E-state index contributed by atoms with van der Waals surface area (Å²) in [6.45, 7) is 2.86. The first kappa shape index (κ1) is 23.5. The largest absolute Gasteiger partial charge is 0.482 e. The molecule has 6 nitrogen and oxygen atoms in total. The summed E-state index contributed by atoms with van der Waals surface area (Å²) in [6.07, 6.45) is 0.507. The first-order chi connectivity index (χ1) is 13.8. The Bertz CT molecular complexity index is 934. The van der Waals surface area contributed by atoms with E-state index >= 15 is 0 Å². The SMILES string of the molecule is Cc1cc(SCCNCCCS(=O)(=O)c2ccccc2Cl)ccc1OCC(=O)O. The highest BCUT2D eigenvalue weighted by atomic mass is 35.5. The Kier molecular flexibility index (Phi) is 9.29. The molecule has 0 unspecified atom stereocenters. The predicted molar refractivity (Wildman–Crippen MR) is 116 cm³/mol. The minimum absolute atomic E-state index is 0.0495. The number of sulfone groups is 1. The third kappa shape index (κ3) is 7.89. The van der Waals surface area contributed by atoms with Crippen LogP contribution >= 0.6 is 23.4 Å². The van der Waals surface area contributed by atoms with E-state index < -0.39 is 15.8 Å². The van der Waals surface area contributed by atoms with Gasteiger partial charge >= 0.3 is 5.97 Å². The maximum absolute atomic E-state index is 12.3. The molecule has 2 rings (SSSR count). The van der Waals surface area contributed by atoms with Crippen molar-refractivity contribution >= 4 is 39.2 Å². The Morgan fingerprint density at radius 1 is 1.21 bits per heavy atom. The molecular formula is C20H24ClNO5S2. The maximum Gasteiger partial charge on any atom is 0.341 e. The number of hydrogen-bond acceptors (Lipinski definition) is 6. The molecule has 158 valence electrons. The predicted octanol–water partition coefficient (Wildman–Crippen LogP) is 3.66. The lowest BCUT2D eigenvalue weighted by Crippen LogP contribution is -2.21. The first-order valence-electron chi connectivity index (χ1n) is 9.05. The van der Waals surface area contributed by atoms with Crippen molar-refractivity contribution in [2.45, 2.75) is 23.1 Å². The summed E-state index contributed by atoms with van der Waals surface area (Å²) in [7, 11) is -3.37. The molecule has 0 atom stereocenters. The zero-order valence-electron chi connectivity index (χ0n) is 16.1. The second-order valence-electron chi connectivity index (χ2n) is 6.31. The normalized spacial score (nSPS) is 11.4. The Labute approximate surface area is 180 Å². The number of rotatable bonds is 12. The average Bonchev–Trinajstić information content (AvgIpc) is 2.66. The van der Waals surface area contributed by atoms with Gasteiger partial charge in [-0.3, -0.25) is 0 Å². The van der Waals surface area contributed by atoms with E-state index in [1.165, 1.54) is 6.07 Å². The smallest absolute Gasteiger partial charge is 0.341 e. The van der Waals surface area contributed by atoms with Gasteiger partial charge in [0.15, 0.2) is 16.4 Å². The third-order valence-corrected chi connectivity index (χ3v) is 7.27. The number of benzene rings is 2. The summed E-state index contributed by atoms with van der Waals surface area (Å²) in [5.41, 5.74) is 0.883. The molecule has 2 aromatic rings. The number of halogens is 1. The van der Waals surface area contributed by atoms with Gasteiger partial charge in [0.2, 0.25) is 0 Å². The number of carboxylic acids is 1. The second-order valence-corrected chi connectivity index (χ2v) is 9.96. The van der Waals surface area contributed by atoms with Crippen LogP contribution in [0.15, 0.2) is 52.3 Å². The molecule has 0 aromatic heterocycles. The van der Waals surface area contributed by atoms with Crippen LogP contribution in [0.1, 0.15) is 12.0 Å². The average molecular weight is 458 g/mol. The van der Waals surface area contributed by atoms with Crippen molar-refractivity contribution < 1.29 is 23.1 Å². The number of nitrogens with one attached hydrogen (secondary N) is 1. The molecule has 0 saturated heterocycles.